The lowest BCUT2D eigenvalue weighted by Gasteiger charge is -2.15. The summed E-state index contributed by atoms with van der Waals surface area (Å²) < 4.78 is 5.54. The second-order valence-electron chi connectivity index (χ2n) is 4.17. The molecule has 2 heterocycles. The Morgan fingerprint density at radius 1 is 1.29 bits per heavy atom. The minimum atomic E-state index is 0.532. The molecule has 0 saturated carbocycles. The maximum atomic E-state index is 5.84. The molecule has 0 aliphatic rings. The number of pyridine rings is 1. The van der Waals surface area contributed by atoms with Crippen LogP contribution in [0.15, 0.2) is 34.9 Å². The third-order valence-corrected chi connectivity index (χ3v) is 2.67. The van der Waals surface area contributed by atoms with Crippen LogP contribution in [0.4, 0.5) is 0 Å². The van der Waals surface area contributed by atoms with Crippen LogP contribution in [0.25, 0.3) is 0 Å². The van der Waals surface area contributed by atoms with Crippen LogP contribution in [0.2, 0.25) is 5.15 Å². The van der Waals surface area contributed by atoms with E-state index in [0.29, 0.717) is 5.15 Å². The van der Waals surface area contributed by atoms with Crippen LogP contribution in [-0.4, -0.2) is 16.9 Å². The Balaban J connectivity index is 1.95. The molecular weight excluding hydrogens is 236 g/mol. The highest BCUT2D eigenvalue weighted by molar-refractivity contribution is 6.29. The summed E-state index contributed by atoms with van der Waals surface area (Å²) in [5.74, 6) is 1.92. The molecule has 2 rings (SSSR count). The van der Waals surface area contributed by atoms with E-state index in [1.54, 1.807) is 6.20 Å². The molecule has 3 nitrogen and oxygen atoms in total. The smallest absolute Gasteiger partial charge is 0.129 e. The number of rotatable bonds is 4. The first-order valence-electron chi connectivity index (χ1n) is 5.48. The third kappa shape index (κ3) is 3.58. The molecule has 0 aliphatic heterocycles. The van der Waals surface area contributed by atoms with Crippen LogP contribution in [0.5, 0.6) is 0 Å². The molecule has 2 aromatic rings. The summed E-state index contributed by atoms with van der Waals surface area (Å²) in [6, 6.07) is 7.83. The minimum absolute atomic E-state index is 0.532. The van der Waals surface area contributed by atoms with Gasteiger partial charge in [-0.2, -0.15) is 0 Å². The van der Waals surface area contributed by atoms with Crippen molar-refractivity contribution in [1.29, 1.82) is 0 Å². The summed E-state index contributed by atoms with van der Waals surface area (Å²) in [5.41, 5.74) is 1.15. The predicted molar refractivity (Wildman–Crippen MR) is 67.9 cm³/mol. The van der Waals surface area contributed by atoms with E-state index in [4.69, 9.17) is 16.0 Å². The second-order valence-corrected chi connectivity index (χ2v) is 4.56. The highest BCUT2D eigenvalue weighted by atomic mass is 35.5. The SMILES string of the molecule is Cc1ccc(CN(C)Cc2ccnc(Cl)c2)o1. The van der Waals surface area contributed by atoms with Gasteiger partial charge < -0.3 is 4.42 Å². The van der Waals surface area contributed by atoms with Crippen molar-refractivity contribution in [2.45, 2.75) is 20.0 Å². The number of hydrogen-bond donors (Lipinski definition) is 0. The second kappa shape index (κ2) is 5.34. The van der Waals surface area contributed by atoms with Gasteiger partial charge in [-0.1, -0.05) is 11.6 Å². The van der Waals surface area contributed by atoms with Crippen molar-refractivity contribution >= 4 is 11.6 Å². The summed E-state index contributed by atoms with van der Waals surface area (Å²) in [4.78, 5) is 6.13. The molecule has 0 N–H and O–H groups in total. The van der Waals surface area contributed by atoms with E-state index in [1.165, 1.54) is 0 Å². The lowest BCUT2D eigenvalue weighted by molar-refractivity contribution is 0.285. The average molecular weight is 251 g/mol. The lowest BCUT2D eigenvalue weighted by Crippen LogP contribution is -2.16. The highest BCUT2D eigenvalue weighted by Crippen LogP contribution is 2.12. The molecule has 0 amide bonds. The Morgan fingerprint density at radius 2 is 2.12 bits per heavy atom. The predicted octanol–water partition coefficient (Wildman–Crippen LogP) is 3.27. The molecule has 0 fully saturated rings. The van der Waals surface area contributed by atoms with E-state index in [1.807, 2.05) is 38.2 Å². The van der Waals surface area contributed by atoms with Gasteiger partial charge in [-0.3, -0.25) is 4.90 Å². The Kier molecular flexibility index (Phi) is 3.82. The van der Waals surface area contributed by atoms with Crippen molar-refractivity contribution in [2.24, 2.45) is 0 Å². The largest absolute Gasteiger partial charge is 0.465 e. The minimum Gasteiger partial charge on any atom is -0.465 e. The van der Waals surface area contributed by atoms with Gasteiger partial charge >= 0.3 is 0 Å². The van der Waals surface area contributed by atoms with Crippen LogP contribution >= 0.6 is 11.6 Å². The van der Waals surface area contributed by atoms with Crippen LogP contribution in [-0.2, 0) is 13.1 Å². The zero-order valence-corrected chi connectivity index (χ0v) is 10.7. The van der Waals surface area contributed by atoms with Crippen LogP contribution in [0, 0.1) is 6.92 Å². The van der Waals surface area contributed by atoms with Gasteiger partial charge in [-0.05, 0) is 43.8 Å². The molecule has 0 spiro atoms. The van der Waals surface area contributed by atoms with E-state index in [9.17, 15) is 0 Å². The number of aryl methyl sites for hydroxylation is 1. The van der Waals surface area contributed by atoms with E-state index < -0.39 is 0 Å². The van der Waals surface area contributed by atoms with Gasteiger partial charge in [-0.15, -0.1) is 0 Å². The van der Waals surface area contributed by atoms with E-state index in [2.05, 4.69) is 9.88 Å². The van der Waals surface area contributed by atoms with Crippen LogP contribution in [0.3, 0.4) is 0 Å². The Hall–Kier alpha value is -1.32. The number of furan rings is 1. The van der Waals surface area contributed by atoms with Crippen molar-refractivity contribution in [3.63, 3.8) is 0 Å². The lowest BCUT2D eigenvalue weighted by atomic mass is 10.2. The molecule has 0 aliphatic carbocycles. The normalized spacial score (nSPS) is 11.1. The van der Waals surface area contributed by atoms with Crippen molar-refractivity contribution in [1.82, 2.24) is 9.88 Å². The summed E-state index contributed by atoms with van der Waals surface area (Å²) in [6.07, 6.45) is 1.72. The molecule has 17 heavy (non-hydrogen) atoms. The standard InChI is InChI=1S/C13H15ClN2O/c1-10-3-4-12(17-10)9-16(2)8-11-5-6-15-13(14)7-11/h3-7H,8-9H2,1-2H3. The van der Waals surface area contributed by atoms with Gasteiger partial charge in [0.25, 0.3) is 0 Å². The molecule has 0 atom stereocenters. The average Bonchev–Trinajstić information content (AvgIpc) is 2.63. The quantitative estimate of drug-likeness (QED) is 0.780. The zero-order chi connectivity index (χ0) is 12.3. The fourth-order valence-corrected chi connectivity index (χ4v) is 1.94. The molecular formula is C13H15ClN2O. The van der Waals surface area contributed by atoms with Crippen molar-refractivity contribution in [2.75, 3.05) is 7.05 Å². The van der Waals surface area contributed by atoms with Gasteiger partial charge in [0, 0.05) is 12.7 Å². The molecule has 0 unspecified atom stereocenters. The molecule has 0 radical (unpaired) electrons. The first-order chi connectivity index (χ1) is 8.13. The van der Waals surface area contributed by atoms with E-state index in [-0.39, 0.29) is 0 Å². The maximum Gasteiger partial charge on any atom is 0.129 e. The number of halogens is 1. The van der Waals surface area contributed by atoms with Crippen LogP contribution in [0.1, 0.15) is 17.1 Å². The fraction of sp³-hybridized carbons (Fsp3) is 0.308. The number of nitrogens with zero attached hydrogens (tertiary/aromatic N) is 2. The molecule has 0 saturated heterocycles. The number of hydrogen-bond acceptors (Lipinski definition) is 3. The van der Waals surface area contributed by atoms with E-state index >= 15 is 0 Å². The van der Waals surface area contributed by atoms with Gasteiger partial charge in [0.15, 0.2) is 0 Å². The van der Waals surface area contributed by atoms with Crippen molar-refractivity contribution in [3.8, 4) is 0 Å². The van der Waals surface area contributed by atoms with Gasteiger partial charge in [0.05, 0.1) is 6.54 Å². The molecule has 2 aromatic heterocycles. The van der Waals surface area contributed by atoms with Gasteiger partial charge in [0.2, 0.25) is 0 Å². The molecule has 0 bridgehead atoms. The zero-order valence-electron chi connectivity index (χ0n) is 9.98. The summed E-state index contributed by atoms with van der Waals surface area (Å²) in [7, 11) is 2.05. The van der Waals surface area contributed by atoms with Crippen molar-refractivity contribution < 1.29 is 4.42 Å². The van der Waals surface area contributed by atoms with Gasteiger partial charge in [-0.25, -0.2) is 4.98 Å². The molecule has 0 aromatic carbocycles. The highest BCUT2D eigenvalue weighted by Gasteiger charge is 2.05. The first kappa shape index (κ1) is 12.1. The maximum absolute atomic E-state index is 5.84. The molecule has 4 heteroatoms. The summed E-state index contributed by atoms with van der Waals surface area (Å²) in [6.45, 7) is 3.56. The Morgan fingerprint density at radius 3 is 2.76 bits per heavy atom. The Bertz CT molecular complexity index is 496. The monoisotopic (exact) mass is 250 g/mol. The van der Waals surface area contributed by atoms with Crippen LogP contribution < -0.4 is 0 Å². The third-order valence-electron chi connectivity index (χ3n) is 2.47. The summed E-state index contributed by atoms with van der Waals surface area (Å²) in [5, 5.41) is 0.532. The van der Waals surface area contributed by atoms with Gasteiger partial charge in [0.1, 0.15) is 16.7 Å². The number of aromatic nitrogens is 1. The fourth-order valence-electron chi connectivity index (χ4n) is 1.74. The topological polar surface area (TPSA) is 29.3 Å². The van der Waals surface area contributed by atoms with Crippen molar-refractivity contribution in [3.05, 3.63) is 52.7 Å². The first-order valence-corrected chi connectivity index (χ1v) is 5.85. The Labute approximate surface area is 106 Å². The molecule has 90 valence electrons. The van der Waals surface area contributed by atoms with E-state index in [0.717, 1.165) is 30.2 Å². The summed E-state index contributed by atoms with van der Waals surface area (Å²) >= 11 is 5.84.